The Morgan fingerprint density at radius 3 is 2.07 bits per heavy atom. The minimum atomic E-state index is -4.83. The zero-order chi connectivity index (χ0) is 54.6. The summed E-state index contributed by atoms with van der Waals surface area (Å²) in [5.41, 5.74) is 1.79. The lowest BCUT2D eigenvalue weighted by atomic mass is 9.97. The molecule has 0 spiro atoms. The second-order valence-electron chi connectivity index (χ2n) is 19.5. The maximum atomic E-state index is 16.5. The number of hydroxylamine groups is 2. The minimum absolute atomic E-state index is 0.0254. The fourth-order valence-corrected chi connectivity index (χ4v) is 8.85. The molecule has 2 saturated heterocycles. The van der Waals surface area contributed by atoms with E-state index in [0.29, 0.717) is 72.1 Å². The molecule has 0 unspecified atom stereocenters. The van der Waals surface area contributed by atoms with E-state index >= 15 is 8.78 Å². The number of alkyl halides is 3. The molecule has 6 N–H and O–H groups in total. The first kappa shape index (κ1) is 55.4. The number of amides is 2. The number of likely N-dealkylation sites (N-methyl/N-ethyl adjacent to an activating group) is 1. The molecular formula is C52H63F5N12O6. The molecule has 75 heavy (non-hydrogen) atoms. The largest absolute Gasteiger partial charge is 0.508 e. The summed E-state index contributed by atoms with van der Waals surface area (Å²) in [6, 6.07) is 14.1. The highest BCUT2D eigenvalue weighted by Gasteiger charge is 2.34. The number of nitrogens with one attached hydrogen (secondary N) is 4. The van der Waals surface area contributed by atoms with Crippen molar-refractivity contribution in [3.8, 4) is 40.1 Å². The summed E-state index contributed by atoms with van der Waals surface area (Å²) in [6.07, 6.45) is -4.83. The van der Waals surface area contributed by atoms with Crippen LogP contribution in [0.25, 0.3) is 17.1 Å². The molecular weight excluding hydrogens is 984 g/mol. The van der Waals surface area contributed by atoms with Crippen LogP contribution in [0.15, 0.2) is 60.7 Å². The summed E-state index contributed by atoms with van der Waals surface area (Å²) in [6.45, 7) is 13.8. The number of anilines is 2. The number of phenols is 2. The van der Waals surface area contributed by atoms with Crippen molar-refractivity contribution in [2.45, 2.75) is 72.1 Å². The minimum Gasteiger partial charge on any atom is -0.508 e. The Morgan fingerprint density at radius 2 is 1.47 bits per heavy atom. The van der Waals surface area contributed by atoms with Crippen LogP contribution in [0.3, 0.4) is 0 Å². The number of hydrogen-bond donors (Lipinski definition) is 6. The maximum Gasteiger partial charge on any atom is 0.405 e. The van der Waals surface area contributed by atoms with E-state index in [-0.39, 0.29) is 64.6 Å². The lowest BCUT2D eigenvalue weighted by Crippen LogP contribution is -2.48. The van der Waals surface area contributed by atoms with Crippen molar-refractivity contribution in [3.63, 3.8) is 0 Å². The number of rotatable bonds is 15. The molecule has 5 aromatic rings. The Morgan fingerprint density at radius 1 is 0.800 bits per heavy atom. The molecule has 4 aromatic carbocycles. The summed E-state index contributed by atoms with van der Waals surface area (Å²) in [5.74, 6) is -6.33. The Balaban J connectivity index is 1.13. The molecule has 0 aliphatic carbocycles. The first-order valence-corrected chi connectivity index (χ1v) is 24.5. The van der Waals surface area contributed by atoms with Crippen LogP contribution in [0, 0.1) is 22.5 Å². The van der Waals surface area contributed by atoms with Crippen molar-refractivity contribution < 1.29 is 51.3 Å². The number of piperazine rings is 2. The average molecular weight is 1050 g/mol. The van der Waals surface area contributed by atoms with Gasteiger partial charge in [-0.05, 0) is 91.9 Å². The van der Waals surface area contributed by atoms with Gasteiger partial charge in [-0.2, -0.15) is 13.2 Å². The van der Waals surface area contributed by atoms with Crippen molar-refractivity contribution in [1.29, 1.82) is 10.8 Å². The molecule has 7 rings (SSSR count). The molecule has 0 bridgehead atoms. The molecule has 2 amide bonds. The highest BCUT2D eigenvalue weighted by Crippen LogP contribution is 2.41. The molecule has 0 radical (unpaired) electrons. The van der Waals surface area contributed by atoms with E-state index in [1.807, 2.05) is 39.6 Å². The van der Waals surface area contributed by atoms with Crippen LogP contribution in [0.1, 0.15) is 86.3 Å². The molecule has 2 aliphatic rings. The molecule has 0 atom stereocenters. The van der Waals surface area contributed by atoms with E-state index in [2.05, 4.69) is 25.3 Å². The van der Waals surface area contributed by atoms with E-state index in [1.54, 1.807) is 42.4 Å². The van der Waals surface area contributed by atoms with Gasteiger partial charge in [0.15, 0.2) is 17.4 Å². The highest BCUT2D eigenvalue weighted by molar-refractivity contribution is 6.48. The first-order valence-electron chi connectivity index (χ1n) is 24.5. The van der Waals surface area contributed by atoms with Gasteiger partial charge in [0.2, 0.25) is 5.82 Å². The Kier molecular flexibility index (Phi) is 17.0. The monoisotopic (exact) mass is 1050 g/mol. The topological polar surface area (TPSA) is 212 Å². The number of carbonyl (C=O) groups is 2. The number of aromatic nitrogens is 3. The fraction of sp³-hybridized carbons (Fsp3) is 0.423. The van der Waals surface area contributed by atoms with Crippen LogP contribution in [0.4, 0.5) is 33.3 Å². The third-order valence-corrected chi connectivity index (χ3v) is 12.9. The number of phenolic OH excluding ortho intramolecular Hbond substituents is 2. The summed E-state index contributed by atoms with van der Waals surface area (Å²) in [7, 11) is 3.41. The maximum absolute atomic E-state index is 16.5. The van der Waals surface area contributed by atoms with E-state index < -0.39 is 59.3 Å². The Bertz CT molecular complexity index is 2930. The summed E-state index contributed by atoms with van der Waals surface area (Å²) in [4.78, 5) is 40.0. The number of benzene rings is 4. The fourth-order valence-electron chi connectivity index (χ4n) is 8.85. The van der Waals surface area contributed by atoms with Gasteiger partial charge in [-0.1, -0.05) is 33.8 Å². The molecule has 402 valence electrons. The zero-order valence-corrected chi connectivity index (χ0v) is 43.1. The van der Waals surface area contributed by atoms with Crippen molar-refractivity contribution >= 4 is 34.9 Å². The standard InChI is InChI=1S/C52H63F5N12O6/c1-29(2)34-23-37(48-62-63-49(51(73)61-31(5)6)69(48)41-12-10-33(22-39(41)54)66-17-13-64(7)14-18-66)45(26-42(34)70)75-67-19-15-65(16-20-67)27-32-9-11-40(38(53)21-32)68(47(59)50(72)60-28-52(55,56)57)46(58)36-24-35(30(3)4)44(74-8)25-43(36)71/h9-12,21-26,29-31,58-59,70-71H,13-20,27-28H2,1-8H3,(H,60,72)(H,61,73). The predicted octanol–water partition coefficient (Wildman–Crippen LogP) is 7.37. The van der Waals surface area contributed by atoms with Crippen molar-refractivity contribution in [2.24, 2.45) is 0 Å². The predicted molar refractivity (Wildman–Crippen MR) is 274 cm³/mol. The Labute approximate surface area is 431 Å². The molecule has 1 aromatic heterocycles. The van der Waals surface area contributed by atoms with Crippen LogP contribution >= 0.6 is 0 Å². The van der Waals surface area contributed by atoms with E-state index in [0.717, 1.165) is 19.2 Å². The van der Waals surface area contributed by atoms with Crippen molar-refractivity contribution in [2.75, 3.05) is 82.9 Å². The van der Waals surface area contributed by atoms with E-state index in [1.165, 1.54) is 48.1 Å². The number of nitrogens with zero attached hydrogens (tertiary/aromatic N) is 8. The van der Waals surface area contributed by atoms with E-state index in [9.17, 15) is 33.0 Å². The normalized spacial score (nSPS) is 14.9. The van der Waals surface area contributed by atoms with Gasteiger partial charge in [-0.25, -0.2) is 8.78 Å². The summed E-state index contributed by atoms with van der Waals surface area (Å²) < 4.78 is 79.0. The molecule has 3 heterocycles. The van der Waals surface area contributed by atoms with Crippen LogP contribution in [0.5, 0.6) is 23.0 Å². The van der Waals surface area contributed by atoms with Crippen LogP contribution in [-0.4, -0.2) is 149 Å². The van der Waals surface area contributed by atoms with Gasteiger partial charge < -0.3 is 40.2 Å². The Hall–Kier alpha value is -7.37. The third-order valence-electron chi connectivity index (χ3n) is 12.9. The van der Waals surface area contributed by atoms with E-state index in [4.69, 9.17) is 20.4 Å². The first-order chi connectivity index (χ1) is 35.4. The van der Waals surface area contributed by atoms with Crippen LogP contribution < -0.4 is 30.0 Å². The van der Waals surface area contributed by atoms with Gasteiger partial charge >= 0.3 is 6.18 Å². The number of ether oxygens (including phenoxy) is 1. The third kappa shape index (κ3) is 12.8. The number of amidine groups is 2. The molecule has 2 fully saturated rings. The lowest BCUT2D eigenvalue weighted by Gasteiger charge is -2.34. The lowest BCUT2D eigenvalue weighted by molar-refractivity contribution is -0.134. The van der Waals surface area contributed by atoms with Crippen LogP contribution in [-0.2, 0) is 11.3 Å². The number of halogens is 5. The number of aromatic hydroxyl groups is 2. The summed E-state index contributed by atoms with van der Waals surface area (Å²) in [5, 5.41) is 54.7. The van der Waals surface area contributed by atoms with Gasteiger partial charge in [0.25, 0.3) is 11.8 Å². The molecule has 0 saturated carbocycles. The van der Waals surface area contributed by atoms with Crippen molar-refractivity contribution in [3.05, 3.63) is 100 Å². The second kappa shape index (κ2) is 23.0. The van der Waals surface area contributed by atoms with Crippen LogP contribution in [0.2, 0.25) is 0 Å². The summed E-state index contributed by atoms with van der Waals surface area (Å²) >= 11 is 0. The van der Waals surface area contributed by atoms with Gasteiger partial charge in [0.05, 0.1) is 29.6 Å². The van der Waals surface area contributed by atoms with Gasteiger partial charge in [0, 0.05) is 82.8 Å². The molecule has 23 heteroatoms. The number of carbonyl (C=O) groups excluding carboxylic acids is 2. The average Bonchev–Trinajstić information content (AvgIpc) is 3.78. The van der Waals surface area contributed by atoms with Gasteiger partial charge in [0.1, 0.15) is 41.3 Å². The quantitative estimate of drug-likeness (QED) is 0.0344. The smallest absolute Gasteiger partial charge is 0.405 e. The molecule has 18 nitrogen and oxygen atoms in total. The SMILES string of the molecule is COc1cc(O)c(C(=N)N(C(=N)C(=O)NCC(F)(F)F)c2ccc(CN3CCN(Oc4cc(O)c(C(C)C)cc4-c4nnc(C(=O)NC(C)C)n4-c4ccc(N5CCN(C)CC5)cc4F)CC3)cc2F)cc1C(C)C. The number of methoxy groups -OCH3 is 1. The van der Waals surface area contributed by atoms with Gasteiger partial charge in [-0.15, -0.1) is 15.3 Å². The second-order valence-corrected chi connectivity index (χ2v) is 19.5. The molecule has 2 aliphatic heterocycles. The number of hydrogen-bond acceptors (Lipinski definition) is 14. The van der Waals surface area contributed by atoms with Crippen molar-refractivity contribution in [1.82, 2.24) is 40.3 Å². The highest BCUT2D eigenvalue weighted by atomic mass is 19.4. The van der Waals surface area contributed by atoms with Gasteiger partial charge in [-0.3, -0.25) is 34.8 Å². The zero-order valence-electron chi connectivity index (χ0n) is 43.1.